The normalized spacial score (nSPS) is 32.7. The van der Waals surface area contributed by atoms with E-state index < -0.39 is 75.6 Å². The molecule has 0 spiro atoms. The molecule has 1 aromatic carbocycles. The lowest BCUT2D eigenvalue weighted by Crippen LogP contribution is -2.70. The molecule has 7 N–H and O–H groups in total. The minimum Gasteiger partial charge on any atom is -0.508 e. The van der Waals surface area contributed by atoms with Crippen LogP contribution >= 0.6 is 0 Å². The number of aliphatic hydroxyl groups is 4. The van der Waals surface area contributed by atoms with Crippen molar-refractivity contribution in [3.8, 4) is 5.75 Å². The number of primary amides is 1. The maximum absolute atomic E-state index is 13.9. The van der Waals surface area contributed by atoms with E-state index in [1.165, 1.54) is 19.0 Å². The van der Waals surface area contributed by atoms with Gasteiger partial charge in [-0.25, -0.2) is 0 Å². The van der Waals surface area contributed by atoms with Crippen molar-refractivity contribution in [3.63, 3.8) is 0 Å². The second-order valence-corrected chi connectivity index (χ2v) is 9.52. The lowest BCUT2D eigenvalue weighted by molar-refractivity contribution is -0.169. The number of amides is 1. The van der Waals surface area contributed by atoms with Crippen LogP contribution in [0.25, 0.3) is 11.8 Å². The molecule has 1 amide bonds. The van der Waals surface area contributed by atoms with Gasteiger partial charge < -0.3 is 31.3 Å². The monoisotopic (exact) mass is 484 g/mol. The molecule has 186 valence electrons. The number of nitrogens with zero attached hydrogens (tertiary/aromatic N) is 1. The number of carbonyl (C=O) groups is 3. The number of aromatic hydroxyl groups is 1. The van der Waals surface area contributed by atoms with E-state index in [0.29, 0.717) is 11.1 Å². The molecule has 10 heteroatoms. The molecule has 3 aliphatic carbocycles. The number of hydrogen-bond donors (Lipinski definition) is 6. The van der Waals surface area contributed by atoms with E-state index in [9.17, 15) is 39.9 Å². The highest BCUT2D eigenvalue weighted by molar-refractivity contribution is 6.24. The van der Waals surface area contributed by atoms with Crippen LogP contribution in [-0.2, 0) is 14.4 Å². The van der Waals surface area contributed by atoms with Gasteiger partial charge in [-0.2, -0.15) is 0 Å². The molecule has 1 saturated carbocycles. The van der Waals surface area contributed by atoms with Crippen molar-refractivity contribution in [2.24, 2.45) is 17.6 Å². The first kappa shape index (κ1) is 24.6. The van der Waals surface area contributed by atoms with Gasteiger partial charge in [-0.3, -0.25) is 19.3 Å². The summed E-state index contributed by atoms with van der Waals surface area (Å²) in [5, 5.41) is 56.1. The summed E-state index contributed by atoms with van der Waals surface area (Å²) < 4.78 is 0. The molecule has 0 saturated heterocycles. The molecule has 0 unspecified atom stereocenters. The molecule has 10 nitrogen and oxygen atoms in total. The number of allylic oxidation sites excluding steroid dienone is 1. The molecule has 3 aliphatic rings. The number of rotatable bonds is 3. The first-order chi connectivity index (χ1) is 16.3. The largest absolute Gasteiger partial charge is 0.508 e. The van der Waals surface area contributed by atoms with Crippen LogP contribution in [0, 0.1) is 11.8 Å². The third kappa shape index (κ3) is 3.03. The van der Waals surface area contributed by atoms with E-state index >= 15 is 0 Å². The lowest BCUT2D eigenvalue weighted by Gasteiger charge is -2.53. The standard InChI is InChI=1S/C25H28N2O8/c1-5-6-10-7-8-11-9(2)12-14(19(29)13(11)18(10)28)22(32)25(35)16(20(12)30)17(27(3)4)21(31)15(23(25)33)24(26)34/h5-9,12,16-17,20,28-30,33,35H,1-4H3,(H2,26,34)/b6-5+/t9-,12+,16+,17-,20-,25-/m0/s1. The maximum Gasteiger partial charge on any atom is 0.255 e. The highest BCUT2D eigenvalue weighted by atomic mass is 16.4. The van der Waals surface area contributed by atoms with Gasteiger partial charge in [-0.05, 0) is 32.5 Å². The Morgan fingerprint density at radius 3 is 2.34 bits per heavy atom. The molecular weight excluding hydrogens is 456 g/mol. The van der Waals surface area contributed by atoms with Crippen LogP contribution in [-0.4, -0.2) is 79.7 Å². The van der Waals surface area contributed by atoms with Crippen molar-refractivity contribution in [2.75, 3.05) is 14.1 Å². The smallest absolute Gasteiger partial charge is 0.255 e. The van der Waals surface area contributed by atoms with E-state index in [1.807, 2.05) is 0 Å². The summed E-state index contributed by atoms with van der Waals surface area (Å²) >= 11 is 0. The highest BCUT2D eigenvalue weighted by Gasteiger charge is 2.68. The number of aliphatic hydroxyl groups excluding tert-OH is 3. The van der Waals surface area contributed by atoms with E-state index in [-0.39, 0.29) is 11.3 Å². The molecule has 6 atom stereocenters. The van der Waals surface area contributed by atoms with Gasteiger partial charge >= 0.3 is 0 Å². The summed E-state index contributed by atoms with van der Waals surface area (Å²) in [7, 11) is 2.93. The first-order valence-corrected chi connectivity index (χ1v) is 11.1. The van der Waals surface area contributed by atoms with Gasteiger partial charge in [0, 0.05) is 17.1 Å². The van der Waals surface area contributed by atoms with E-state index in [2.05, 4.69) is 0 Å². The number of phenolic OH excluding ortho intramolecular Hbond substituents is 1. The minimum absolute atomic E-state index is 0.0309. The number of fused-ring (bicyclic) bond motifs is 3. The number of likely N-dealkylation sites (N-methyl/N-ethyl adjacent to an activating group) is 1. The van der Waals surface area contributed by atoms with Crippen molar-refractivity contribution in [1.29, 1.82) is 0 Å². The fraction of sp³-hybridized carbons (Fsp3) is 0.400. The Balaban J connectivity index is 2.06. The fourth-order valence-corrected chi connectivity index (χ4v) is 5.95. The second kappa shape index (κ2) is 8.04. The predicted molar refractivity (Wildman–Crippen MR) is 125 cm³/mol. The number of hydrogen-bond acceptors (Lipinski definition) is 9. The quantitative estimate of drug-likeness (QED) is 0.333. The summed E-state index contributed by atoms with van der Waals surface area (Å²) in [6.45, 7) is 3.43. The molecule has 1 fully saturated rings. The van der Waals surface area contributed by atoms with Crippen LogP contribution in [0.1, 0.15) is 36.5 Å². The number of nitrogens with two attached hydrogens (primary N) is 1. The van der Waals surface area contributed by atoms with E-state index in [4.69, 9.17) is 5.73 Å². The second-order valence-electron chi connectivity index (χ2n) is 9.52. The Morgan fingerprint density at radius 1 is 1.17 bits per heavy atom. The molecule has 4 rings (SSSR count). The van der Waals surface area contributed by atoms with Crippen molar-refractivity contribution in [3.05, 3.63) is 51.8 Å². The summed E-state index contributed by atoms with van der Waals surface area (Å²) in [6, 6.07) is 1.93. The van der Waals surface area contributed by atoms with Gasteiger partial charge in [-0.1, -0.05) is 31.2 Å². The third-order valence-electron chi connectivity index (χ3n) is 7.51. The van der Waals surface area contributed by atoms with Gasteiger partial charge in [0.25, 0.3) is 5.91 Å². The van der Waals surface area contributed by atoms with Gasteiger partial charge in [-0.15, -0.1) is 0 Å². The van der Waals surface area contributed by atoms with Gasteiger partial charge in [0.15, 0.2) is 11.4 Å². The van der Waals surface area contributed by atoms with Crippen LogP contribution in [0.5, 0.6) is 5.75 Å². The first-order valence-electron chi connectivity index (χ1n) is 11.1. The van der Waals surface area contributed by atoms with Crippen LogP contribution in [0.3, 0.4) is 0 Å². The van der Waals surface area contributed by atoms with Gasteiger partial charge in [0.05, 0.1) is 23.6 Å². The maximum atomic E-state index is 13.9. The Labute approximate surface area is 201 Å². The van der Waals surface area contributed by atoms with E-state index in [0.717, 1.165) is 0 Å². The minimum atomic E-state index is -2.92. The number of ketones is 2. The summed E-state index contributed by atoms with van der Waals surface area (Å²) in [4.78, 5) is 40.3. The molecule has 35 heavy (non-hydrogen) atoms. The van der Waals surface area contributed by atoms with Crippen molar-refractivity contribution in [2.45, 2.75) is 37.5 Å². The molecular formula is C25H28N2O8. The molecule has 1 aromatic rings. The SMILES string of the molecule is C/C=C/c1ccc2c(c1O)C(O)=C1C(=O)[C@]3(O)C(O)=C(C(N)=O)C(=O)[C@@H](N(C)C)[C@@H]3[C@@H](O)[C@@H]1[C@H]2C. The number of Topliss-reactive ketones (excluding diaryl/α,β-unsaturated/α-hetero) is 2. The zero-order chi connectivity index (χ0) is 26.1. The van der Waals surface area contributed by atoms with Crippen LogP contribution in [0.4, 0.5) is 0 Å². The fourth-order valence-electron chi connectivity index (χ4n) is 5.95. The molecule has 0 bridgehead atoms. The summed E-state index contributed by atoms with van der Waals surface area (Å²) in [6.07, 6.45) is 1.68. The third-order valence-corrected chi connectivity index (χ3v) is 7.51. The average molecular weight is 485 g/mol. The Kier molecular flexibility index (Phi) is 5.66. The van der Waals surface area contributed by atoms with Crippen molar-refractivity contribution < 1.29 is 39.9 Å². The topological polar surface area (TPSA) is 182 Å². The molecule has 0 heterocycles. The lowest BCUT2D eigenvalue weighted by atomic mass is 9.54. The average Bonchev–Trinajstić information content (AvgIpc) is 2.77. The Morgan fingerprint density at radius 2 is 1.80 bits per heavy atom. The van der Waals surface area contributed by atoms with Gasteiger partial charge in [0.1, 0.15) is 22.8 Å². The van der Waals surface area contributed by atoms with Crippen molar-refractivity contribution >= 4 is 29.3 Å². The van der Waals surface area contributed by atoms with Crippen molar-refractivity contribution in [1.82, 2.24) is 4.90 Å². The number of benzene rings is 1. The van der Waals surface area contributed by atoms with Crippen LogP contribution in [0.15, 0.2) is 35.1 Å². The number of carbonyl (C=O) groups excluding carboxylic acids is 3. The Hall–Kier alpha value is -3.47. The number of phenols is 1. The zero-order valence-corrected chi connectivity index (χ0v) is 19.7. The van der Waals surface area contributed by atoms with Gasteiger partial charge in [0.2, 0.25) is 5.78 Å². The van der Waals surface area contributed by atoms with Crippen LogP contribution < -0.4 is 5.73 Å². The predicted octanol–water partition coefficient (Wildman–Crippen LogP) is 0.529. The van der Waals surface area contributed by atoms with Crippen LogP contribution in [0.2, 0.25) is 0 Å². The summed E-state index contributed by atoms with van der Waals surface area (Å²) in [5.41, 5.74) is 1.83. The molecule has 0 aromatic heterocycles. The van der Waals surface area contributed by atoms with E-state index in [1.54, 1.807) is 38.1 Å². The summed E-state index contributed by atoms with van der Waals surface area (Å²) in [5.74, 6) is -8.95. The molecule has 0 aliphatic heterocycles. The molecule has 0 radical (unpaired) electrons. The Bertz CT molecular complexity index is 1260. The zero-order valence-electron chi connectivity index (χ0n) is 19.7. The highest BCUT2D eigenvalue weighted by Crippen LogP contribution is 2.56.